The molecule has 1 fully saturated rings. The highest BCUT2D eigenvalue weighted by Gasteiger charge is 2.20. The van der Waals surface area contributed by atoms with Crippen molar-refractivity contribution >= 4 is 11.8 Å². The van der Waals surface area contributed by atoms with Gasteiger partial charge in [0.2, 0.25) is 5.91 Å². The molecule has 1 heterocycles. The predicted molar refractivity (Wildman–Crippen MR) is 118 cm³/mol. The van der Waals surface area contributed by atoms with Gasteiger partial charge in [0.25, 0.3) is 5.91 Å². The molecule has 0 radical (unpaired) electrons. The average Bonchev–Trinajstić information content (AvgIpc) is 3.20. The van der Waals surface area contributed by atoms with E-state index in [0.717, 1.165) is 18.5 Å². The largest absolute Gasteiger partial charge is 0.351 e. The SMILES string of the molecule is O=C(NCC(c1ccccc1)c1ccccc1)c1cccc(CN2CCCC2=O)c1. The molecule has 0 spiro atoms. The van der Waals surface area contributed by atoms with Crippen molar-refractivity contribution in [1.29, 1.82) is 0 Å². The lowest BCUT2D eigenvalue weighted by atomic mass is 9.91. The van der Waals surface area contributed by atoms with Gasteiger partial charge in [0.1, 0.15) is 0 Å². The number of carbonyl (C=O) groups is 2. The average molecular weight is 399 g/mol. The molecule has 3 aromatic rings. The van der Waals surface area contributed by atoms with Crippen LogP contribution in [-0.4, -0.2) is 29.8 Å². The van der Waals surface area contributed by atoms with Gasteiger partial charge in [-0.1, -0.05) is 72.8 Å². The molecule has 3 aromatic carbocycles. The number of rotatable bonds is 7. The van der Waals surface area contributed by atoms with Crippen molar-refractivity contribution < 1.29 is 9.59 Å². The van der Waals surface area contributed by atoms with Crippen LogP contribution in [0.15, 0.2) is 84.9 Å². The molecule has 1 aliphatic heterocycles. The third kappa shape index (κ3) is 4.77. The minimum absolute atomic E-state index is 0.0850. The van der Waals surface area contributed by atoms with E-state index in [4.69, 9.17) is 0 Å². The van der Waals surface area contributed by atoms with Gasteiger partial charge in [-0.2, -0.15) is 0 Å². The molecule has 4 rings (SSSR count). The first-order valence-corrected chi connectivity index (χ1v) is 10.5. The van der Waals surface area contributed by atoms with Gasteiger partial charge in [0, 0.05) is 37.5 Å². The zero-order valence-electron chi connectivity index (χ0n) is 17.0. The quantitative estimate of drug-likeness (QED) is 0.642. The van der Waals surface area contributed by atoms with Crippen molar-refractivity contribution in [3.8, 4) is 0 Å². The summed E-state index contributed by atoms with van der Waals surface area (Å²) < 4.78 is 0. The van der Waals surface area contributed by atoms with Gasteiger partial charge in [0.05, 0.1) is 0 Å². The van der Waals surface area contributed by atoms with Crippen LogP contribution in [0.5, 0.6) is 0 Å². The van der Waals surface area contributed by atoms with Gasteiger partial charge in [-0.15, -0.1) is 0 Å². The van der Waals surface area contributed by atoms with Crippen LogP contribution in [0.3, 0.4) is 0 Å². The molecule has 1 N–H and O–H groups in total. The Bertz CT molecular complexity index is 962. The van der Waals surface area contributed by atoms with E-state index in [1.54, 1.807) is 0 Å². The highest BCUT2D eigenvalue weighted by atomic mass is 16.2. The molecule has 0 bridgehead atoms. The molecule has 2 amide bonds. The zero-order chi connectivity index (χ0) is 20.8. The zero-order valence-corrected chi connectivity index (χ0v) is 17.0. The van der Waals surface area contributed by atoms with Crippen molar-refractivity contribution in [2.24, 2.45) is 0 Å². The van der Waals surface area contributed by atoms with E-state index in [9.17, 15) is 9.59 Å². The summed E-state index contributed by atoms with van der Waals surface area (Å²) in [5.41, 5.74) is 3.95. The van der Waals surface area contributed by atoms with Crippen LogP contribution < -0.4 is 5.32 Å². The second-order valence-corrected chi connectivity index (χ2v) is 7.70. The molecule has 0 atom stereocenters. The molecule has 30 heavy (non-hydrogen) atoms. The van der Waals surface area contributed by atoms with Crippen LogP contribution in [0, 0.1) is 0 Å². The molecule has 1 aliphatic rings. The minimum Gasteiger partial charge on any atom is -0.351 e. The highest BCUT2D eigenvalue weighted by molar-refractivity contribution is 5.94. The molecular formula is C26H26N2O2. The van der Waals surface area contributed by atoms with E-state index in [1.807, 2.05) is 65.6 Å². The predicted octanol–water partition coefficient (Wildman–Crippen LogP) is 4.37. The minimum atomic E-state index is -0.0959. The maximum atomic E-state index is 12.9. The Morgan fingerprint density at radius 3 is 2.17 bits per heavy atom. The molecular weight excluding hydrogens is 372 g/mol. The standard InChI is InChI=1S/C26H26N2O2/c29-25-15-8-16-28(25)19-20-9-7-14-23(17-20)26(30)27-18-24(21-10-3-1-4-11-21)22-12-5-2-6-13-22/h1-7,9-14,17,24H,8,15-16,18-19H2,(H,27,30). The van der Waals surface area contributed by atoms with Crippen LogP contribution in [0.1, 0.15) is 45.8 Å². The van der Waals surface area contributed by atoms with Gasteiger partial charge < -0.3 is 10.2 Å². The molecule has 0 aliphatic carbocycles. The number of nitrogens with zero attached hydrogens (tertiary/aromatic N) is 1. The Balaban J connectivity index is 1.46. The van der Waals surface area contributed by atoms with Gasteiger partial charge in [-0.25, -0.2) is 0 Å². The first-order valence-electron chi connectivity index (χ1n) is 10.5. The topological polar surface area (TPSA) is 49.4 Å². The summed E-state index contributed by atoms with van der Waals surface area (Å²) in [7, 11) is 0. The highest BCUT2D eigenvalue weighted by Crippen LogP contribution is 2.24. The summed E-state index contributed by atoms with van der Waals surface area (Å²) in [5, 5.41) is 3.11. The van der Waals surface area contributed by atoms with E-state index in [-0.39, 0.29) is 17.7 Å². The molecule has 4 nitrogen and oxygen atoms in total. The van der Waals surface area contributed by atoms with Crippen LogP contribution in [0.4, 0.5) is 0 Å². The monoisotopic (exact) mass is 398 g/mol. The maximum absolute atomic E-state index is 12.9. The molecule has 0 unspecified atom stereocenters. The Morgan fingerprint density at radius 2 is 1.57 bits per heavy atom. The fraction of sp³-hybridized carbons (Fsp3) is 0.231. The van der Waals surface area contributed by atoms with Crippen molar-refractivity contribution in [1.82, 2.24) is 10.2 Å². The van der Waals surface area contributed by atoms with Crippen molar-refractivity contribution in [3.05, 3.63) is 107 Å². The second-order valence-electron chi connectivity index (χ2n) is 7.70. The van der Waals surface area contributed by atoms with Crippen LogP contribution in [-0.2, 0) is 11.3 Å². The lowest BCUT2D eigenvalue weighted by Crippen LogP contribution is -2.29. The summed E-state index contributed by atoms with van der Waals surface area (Å²) in [6, 6.07) is 28.0. The first kappa shape index (κ1) is 19.9. The third-order valence-corrected chi connectivity index (χ3v) is 5.60. The molecule has 4 heteroatoms. The third-order valence-electron chi connectivity index (χ3n) is 5.60. The Morgan fingerprint density at radius 1 is 0.900 bits per heavy atom. The van der Waals surface area contributed by atoms with Gasteiger partial charge >= 0.3 is 0 Å². The van der Waals surface area contributed by atoms with Crippen molar-refractivity contribution in [2.45, 2.75) is 25.3 Å². The normalized spacial score (nSPS) is 13.6. The summed E-state index contributed by atoms with van der Waals surface area (Å²) >= 11 is 0. The van der Waals surface area contributed by atoms with Crippen LogP contribution >= 0.6 is 0 Å². The van der Waals surface area contributed by atoms with Crippen molar-refractivity contribution in [3.63, 3.8) is 0 Å². The lowest BCUT2D eigenvalue weighted by Gasteiger charge is -2.19. The fourth-order valence-corrected chi connectivity index (χ4v) is 4.00. The summed E-state index contributed by atoms with van der Waals surface area (Å²) in [6.45, 7) is 1.88. The molecule has 1 saturated heterocycles. The summed E-state index contributed by atoms with van der Waals surface area (Å²) in [5.74, 6) is 0.182. The molecule has 0 aromatic heterocycles. The second kappa shape index (κ2) is 9.40. The van der Waals surface area contributed by atoms with E-state index >= 15 is 0 Å². The number of hydrogen-bond acceptors (Lipinski definition) is 2. The number of likely N-dealkylation sites (tertiary alicyclic amines) is 1. The van der Waals surface area contributed by atoms with Crippen LogP contribution in [0.25, 0.3) is 0 Å². The number of nitrogens with one attached hydrogen (secondary N) is 1. The van der Waals surface area contributed by atoms with Crippen molar-refractivity contribution in [2.75, 3.05) is 13.1 Å². The van der Waals surface area contributed by atoms with Gasteiger partial charge in [-0.05, 0) is 35.2 Å². The number of amides is 2. The number of hydrogen-bond donors (Lipinski definition) is 1. The van der Waals surface area contributed by atoms with E-state index < -0.39 is 0 Å². The smallest absolute Gasteiger partial charge is 0.251 e. The lowest BCUT2D eigenvalue weighted by molar-refractivity contribution is -0.128. The fourth-order valence-electron chi connectivity index (χ4n) is 4.00. The first-order chi connectivity index (χ1) is 14.7. The summed E-state index contributed by atoms with van der Waals surface area (Å²) in [6.07, 6.45) is 1.54. The molecule has 152 valence electrons. The van der Waals surface area contributed by atoms with Crippen LogP contribution in [0.2, 0.25) is 0 Å². The van der Waals surface area contributed by atoms with Gasteiger partial charge in [-0.3, -0.25) is 9.59 Å². The number of carbonyl (C=O) groups excluding carboxylic acids is 2. The van der Waals surface area contributed by atoms with Gasteiger partial charge in [0.15, 0.2) is 0 Å². The Hall–Kier alpha value is -3.40. The van der Waals surface area contributed by atoms with E-state index in [0.29, 0.717) is 25.1 Å². The summed E-state index contributed by atoms with van der Waals surface area (Å²) in [4.78, 5) is 26.6. The Labute approximate surface area is 177 Å². The van der Waals surface area contributed by atoms with E-state index in [2.05, 4.69) is 29.6 Å². The maximum Gasteiger partial charge on any atom is 0.251 e. The Kier molecular flexibility index (Phi) is 6.23. The molecule has 0 saturated carbocycles. The number of benzene rings is 3. The van der Waals surface area contributed by atoms with E-state index in [1.165, 1.54) is 11.1 Å².